The lowest BCUT2D eigenvalue weighted by Gasteiger charge is -2.56. The molecule has 4 heteroatoms. The van der Waals surface area contributed by atoms with Gasteiger partial charge in [-0.05, 0) is 76.2 Å². The molecule has 1 N–H and O–H groups in total. The zero-order chi connectivity index (χ0) is 15.9. The molecule has 0 aromatic rings. The van der Waals surface area contributed by atoms with E-state index in [9.17, 15) is 5.11 Å². The van der Waals surface area contributed by atoms with E-state index < -0.39 is 0 Å². The normalized spacial score (nSPS) is 39.9. The monoisotopic (exact) mass is 357 g/mol. The minimum Gasteiger partial charge on any atom is -0.389 e. The molecule has 4 bridgehead atoms. The number of rotatable bonds is 6. The zero-order valence-electron chi connectivity index (χ0n) is 15.3. The molecular weight excluding hydrogens is 322 g/mol. The molecule has 24 heavy (non-hydrogen) atoms. The zero-order valence-corrected chi connectivity index (χ0v) is 16.1. The predicted molar refractivity (Wildman–Crippen MR) is 99.6 cm³/mol. The van der Waals surface area contributed by atoms with Gasteiger partial charge in [-0.25, -0.2) is 0 Å². The van der Waals surface area contributed by atoms with Crippen LogP contribution in [0.1, 0.15) is 70.6 Å². The van der Waals surface area contributed by atoms with Crippen molar-refractivity contribution in [3.63, 3.8) is 0 Å². The van der Waals surface area contributed by atoms with Gasteiger partial charge in [-0.2, -0.15) is 0 Å². The van der Waals surface area contributed by atoms with Gasteiger partial charge in [-0.1, -0.05) is 19.3 Å². The number of likely N-dealkylation sites (N-methyl/N-ethyl adjacent to an activating group) is 1. The van der Waals surface area contributed by atoms with Crippen LogP contribution >= 0.6 is 12.4 Å². The van der Waals surface area contributed by atoms with Crippen LogP contribution in [-0.4, -0.2) is 48.0 Å². The second kappa shape index (κ2) is 7.82. The second-order valence-electron chi connectivity index (χ2n) is 9.30. The third-order valence-electron chi connectivity index (χ3n) is 7.26. The standard InChI is InChI=1S/C20H35NO2.ClH/c1-21(18-5-3-2-4-6-18)13-19(22)14-23-20-10-15-7-16(11-20)9-17(8-15)12-20;/h15-19,22H,2-14H2,1H3;1H. The van der Waals surface area contributed by atoms with Crippen molar-refractivity contribution >= 4 is 12.4 Å². The van der Waals surface area contributed by atoms with Crippen molar-refractivity contribution < 1.29 is 9.84 Å². The lowest BCUT2D eigenvalue weighted by atomic mass is 9.54. The summed E-state index contributed by atoms with van der Waals surface area (Å²) in [7, 11) is 2.18. The number of hydrogen-bond acceptors (Lipinski definition) is 3. The fourth-order valence-corrected chi connectivity index (χ4v) is 6.54. The van der Waals surface area contributed by atoms with Gasteiger partial charge in [-0.3, -0.25) is 0 Å². The van der Waals surface area contributed by atoms with E-state index in [-0.39, 0.29) is 24.1 Å². The third-order valence-corrected chi connectivity index (χ3v) is 7.26. The van der Waals surface area contributed by atoms with E-state index in [0.717, 1.165) is 24.3 Å². The minimum absolute atomic E-state index is 0. The number of hydrogen-bond donors (Lipinski definition) is 1. The second-order valence-corrected chi connectivity index (χ2v) is 9.30. The van der Waals surface area contributed by atoms with Gasteiger partial charge < -0.3 is 14.7 Å². The van der Waals surface area contributed by atoms with Crippen LogP contribution in [-0.2, 0) is 4.74 Å². The Morgan fingerprint density at radius 1 is 1.00 bits per heavy atom. The molecule has 5 aliphatic rings. The van der Waals surface area contributed by atoms with Gasteiger partial charge in [0.25, 0.3) is 0 Å². The SMILES string of the molecule is CN(CC(O)COC12CC3CC(CC(C3)C1)C2)C1CCCCC1.Cl. The summed E-state index contributed by atoms with van der Waals surface area (Å²) in [6, 6.07) is 0.679. The minimum atomic E-state index is -0.324. The smallest absolute Gasteiger partial charge is 0.0900 e. The maximum atomic E-state index is 10.5. The van der Waals surface area contributed by atoms with Crippen molar-refractivity contribution in [3.8, 4) is 0 Å². The molecule has 5 aliphatic carbocycles. The average Bonchev–Trinajstić information content (AvgIpc) is 2.53. The number of nitrogens with zero attached hydrogens (tertiary/aromatic N) is 1. The van der Waals surface area contributed by atoms with E-state index in [2.05, 4.69) is 11.9 Å². The highest BCUT2D eigenvalue weighted by molar-refractivity contribution is 5.85. The van der Waals surface area contributed by atoms with Crippen LogP contribution < -0.4 is 0 Å². The molecule has 5 saturated carbocycles. The van der Waals surface area contributed by atoms with Gasteiger partial charge in [0, 0.05) is 12.6 Å². The highest BCUT2D eigenvalue weighted by Gasteiger charge is 2.51. The van der Waals surface area contributed by atoms with Gasteiger partial charge in [0.15, 0.2) is 0 Å². The Labute approximate surface area is 153 Å². The number of halogens is 1. The molecule has 0 amide bonds. The molecule has 0 saturated heterocycles. The summed E-state index contributed by atoms with van der Waals surface area (Å²) >= 11 is 0. The van der Waals surface area contributed by atoms with Crippen molar-refractivity contribution in [1.29, 1.82) is 0 Å². The Balaban J connectivity index is 0.00000169. The molecule has 1 atom stereocenters. The topological polar surface area (TPSA) is 32.7 Å². The van der Waals surface area contributed by atoms with Crippen LogP contribution in [0.15, 0.2) is 0 Å². The molecule has 1 unspecified atom stereocenters. The van der Waals surface area contributed by atoms with E-state index in [0.29, 0.717) is 12.6 Å². The first kappa shape index (κ1) is 18.9. The van der Waals surface area contributed by atoms with E-state index in [1.807, 2.05) is 0 Å². The Kier molecular flexibility index (Phi) is 6.17. The lowest BCUT2D eigenvalue weighted by molar-refractivity contribution is -0.176. The fourth-order valence-electron chi connectivity index (χ4n) is 6.54. The third kappa shape index (κ3) is 4.11. The highest BCUT2D eigenvalue weighted by Crippen LogP contribution is 2.57. The molecule has 0 aliphatic heterocycles. The van der Waals surface area contributed by atoms with E-state index in [1.54, 1.807) is 0 Å². The molecule has 0 aromatic carbocycles. The summed E-state index contributed by atoms with van der Waals surface area (Å²) in [6.45, 7) is 1.32. The van der Waals surface area contributed by atoms with Crippen LogP contribution in [0.25, 0.3) is 0 Å². The molecule has 3 nitrogen and oxygen atoms in total. The molecule has 0 radical (unpaired) electrons. The van der Waals surface area contributed by atoms with E-state index in [1.165, 1.54) is 70.6 Å². The highest BCUT2D eigenvalue weighted by atomic mass is 35.5. The maximum Gasteiger partial charge on any atom is 0.0900 e. The summed E-state index contributed by atoms with van der Waals surface area (Å²) in [4.78, 5) is 2.38. The van der Waals surface area contributed by atoms with Crippen LogP contribution in [0.4, 0.5) is 0 Å². The first-order valence-corrected chi connectivity index (χ1v) is 10.1. The van der Waals surface area contributed by atoms with E-state index in [4.69, 9.17) is 4.74 Å². The first-order chi connectivity index (χ1) is 11.1. The van der Waals surface area contributed by atoms with Crippen molar-refractivity contribution in [1.82, 2.24) is 4.90 Å². The molecular formula is C20H36ClNO2. The largest absolute Gasteiger partial charge is 0.389 e. The quantitative estimate of drug-likeness (QED) is 0.779. The Hall–Kier alpha value is 0.170. The van der Waals surface area contributed by atoms with Crippen molar-refractivity contribution in [2.24, 2.45) is 17.8 Å². The molecule has 0 heterocycles. The van der Waals surface area contributed by atoms with Gasteiger partial charge in [0.2, 0.25) is 0 Å². The Bertz CT molecular complexity index is 375. The number of aliphatic hydroxyl groups excluding tert-OH is 1. The summed E-state index contributed by atoms with van der Waals surface area (Å²) in [5, 5.41) is 10.5. The molecule has 0 aromatic heterocycles. The van der Waals surface area contributed by atoms with Gasteiger partial charge >= 0.3 is 0 Å². The Morgan fingerprint density at radius 2 is 1.54 bits per heavy atom. The van der Waals surface area contributed by atoms with Crippen molar-refractivity contribution in [2.45, 2.75) is 88.4 Å². The van der Waals surface area contributed by atoms with Crippen molar-refractivity contribution in [3.05, 3.63) is 0 Å². The number of ether oxygens (including phenoxy) is 1. The molecule has 5 rings (SSSR count). The van der Waals surface area contributed by atoms with Crippen LogP contribution in [0, 0.1) is 17.8 Å². The van der Waals surface area contributed by atoms with Crippen LogP contribution in [0.3, 0.4) is 0 Å². The first-order valence-electron chi connectivity index (χ1n) is 10.1. The summed E-state index contributed by atoms with van der Waals surface area (Å²) in [5.74, 6) is 2.76. The molecule has 5 fully saturated rings. The maximum absolute atomic E-state index is 10.5. The lowest BCUT2D eigenvalue weighted by Crippen LogP contribution is -2.53. The molecule has 0 spiro atoms. The average molecular weight is 358 g/mol. The summed E-state index contributed by atoms with van der Waals surface area (Å²) < 4.78 is 6.42. The van der Waals surface area contributed by atoms with Gasteiger partial charge in [0.1, 0.15) is 0 Å². The number of aliphatic hydroxyl groups is 1. The van der Waals surface area contributed by atoms with Crippen molar-refractivity contribution in [2.75, 3.05) is 20.2 Å². The fraction of sp³-hybridized carbons (Fsp3) is 1.00. The Morgan fingerprint density at radius 3 is 2.08 bits per heavy atom. The van der Waals surface area contributed by atoms with Crippen LogP contribution in [0.2, 0.25) is 0 Å². The van der Waals surface area contributed by atoms with Gasteiger partial charge in [-0.15, -0.1) is 12.4 Å². The predicted octanol–water partition coefficient (Wildman–Crippen LogP) is 4.02. The summed E-state index contributed by atoms with van der Waals surface area (Å²) in [6.07, 6.45) is 14.6. The van der Waals surface area contributed by atoms with E-state index >= 15 is 0 Å². The van der Waals surface area contributed by atoms with Gasteiger partial charge in [0.05, 0.1) is 18.3 Å². The molecule has 140 valence electrons. The summed E-state index contributed by atoms with van der Waals surface area (Å²) in [5.41, 5.74) is 0.138. The van der Waals surface area contributed by atoms with Crippen LogP contribution in [0.5, 0.6) is 0 Å².